The molecule has 106 valence electrons. The van der Waals surface area contributed by atoms with E-state index in [1.807, 2.05) is 19.9 Å². The number of methoxy groups -OCH3 is 1. The molecule has 0 aliphatic rings. The highest BCUT2D eigenvalue weighted by atomic mass is 32.1. The monoisotopic (exact) mass is 292 g/mol. The lowest BCUT2D eigenvalue weighted by Gasteiger charge is -2.01. The van der Waals surface area contributed by atoms with E-state index < -0.39 is 5.97 Å². The number of aromatic nitrogens is 2. The van der Waals surface area contributed by atoms with E-state index in [0.717, 1.165) is 10.6 Å². The van der Waals surface area contributed by atoms with E-state index in [4.69, 9.17) is 4.74 Å². The van der Waals surface area contributed by atoms with Gasteiger partial charge in [0.25, 0.3) is 0 Å². The second kappa shape index (κ2) is 6.00. The van der Waals surface area contributed by atoms with Crippen LogP contribution in [0.3, 0.4) is 0 Å². The quantitative estimate of drug-likeness (QED) is 0.917. The normalized spacial score (nSPS) is 10.8. The van der Waals surface area contributed by atoms with Gasteiger partial charge in [0.15, 0.2) is 0 Å². The molecule has 0 saturated heterocycles. The van der Waals surface area contributed by atoms with Gasteiger partial charge in [0.05, 0.1) is 17.8 Å². The van der Waals surface area contributed by atoms with E-state index in [1.54, 1.807) is 19.4 Å². The fourth-order valence-electron chi connectivity index (χ4n) is 1.81. The van der Waals surface area contributed by atoms with Crippen molar-refractivity contribution in [3.8, 4) is 5.88 Å². The third kappa shape index (κ3) is 3.14. The van der Waals surface area contributed by atoms with E-state index in [9.17, 15) is 9.90 Å². The minimum Gasteiger partial charge on any atom is -0.481 e. The lowest BCUT2D eigenvalue weighted by molar-refractivity contribution is 0.0700. The van der Waals surface area contributed by atoms with Crippen LogP contribution >= 0.6 is 11.3 Å². The molecule has 0 spiro atoms. The zero-order valence-corrected chi connectivity index (χ0v) is 12.4. The number of aromatic carboxylic acids is 1. The van der Waals surface area contributed by atoms with Gasteiger partial charge in [-0.3, -0.25) is 0 Å². The molecule has 0 aromatic carbocycles. The van der Waals surface area contributed by atoms with Crippen LogP contribution in [0.4, 0.5) is 0 Å². The van der Waals surface area contributed by atoms with Crippen LogP contribution in [0.25, 0.3) is 0 Å². The first-order chi connectivity index (χ1) is 9.51. The standard InChI is InChI=1S/C14H16N2O3S/c1-8(2)12-13(14(17)18)20-11(16-12)6-9-4-5-10(19-3)15-7-9/h4-5,7-8H,6H2,1-3H3,(H,17,18). The van der Waals surface area contributed by atoms with Crippen LogP contribution in [-0.2, 0) is 6.42 Å². The topological polar surface area (TPSA) is 72.3 Å². The van der Waals surface area contributed by atoms with Crippen molar-refractivity contribution < 1.29 is 14.6 Å². The zero-order valence-electron chi connectivity index (χ0n) is 11.6. The Bertz CT molecular complexity index is 605. The summed E-state index contributed by atoms with van der Waals surface area (Å²) in [5, 5.41) is 9.99. The summed E-state index contributed by atoms with van der Waals surface area (Å²) in [6.45, 7) is 3.89. The van der Waals surface area contributed by atoms with Crippen LogP contribution in [0.2, 0.25) is 0 Å². The van der Waals surface area contributed by atoms with Gasteiger partial charge in [-0.2, -0.15) is 0 Å². The molecular formula is C14H16N2O3S. The fourth-order valence-corrected chi connectivity index (χ4v) is 2.90. The predicted octanol–water partition coefficient (Wildman–Crippen LogP) is 2.96. The van der Waals surface area contributed by atoms with E-state index in [2.05, 4.69) is 9.97 Å². The first-order valence-electron chi connectivity index (χ1n) is 6.23. The van der Waals surface area contributed by atoms with Crippen molar-refractivity contribution in [2.24, 2.45) is 0 Å². The first-order valence-corrected chi connectivity index (χ1v) is 7.04. The molecule has 0 saturated carbocycles. The third-order valence-corrected chi connectivity index (χ3v) is 3.86. The number of pyridine rings is 1. The van der Waals surface area contributed by atoms with E-state index in [1.165, 1.54) is 11.3 Å². The summed E-state index contributed by atoms with van der Waals surface area (Å²) in [6, 6.07) is 3.69. The van der Waals surface area contributed by atoms with Crippen LogP contribution < -0.4 is 4.74 Å². The van der Waals surface area contributed by atoms with Crippen molar-refractivity contribution in [2.75, 3.05) is 7.11 Å². The molecule has 0 amide bonds. The number of carboxylic acid groups (broad SMARTS) is 1. The van der Waals surface area contributed by atoms with Gasteiger partial charge in [-0.05, 0) is 11.5 Å². The number of carbonyl (C=O) groups is 1. The maximum absolute atomic E-state index is 11.2. The lowest BCUT2D eigenvalue weighted by Crippen LogP contribution is -2.00. The number of hydrogen-bond acceptors (Lipinski definition) is 5. The maximum atomic E-state index is 11.2. The van der Waals surface area contributed by atoms with Crippen molar-refractivity contribution in [3.05, 3.63) is 39.5 Å². The Balaban J connectivity index is 2.24. The molecule has 0 unspecified atom stereocenters. The third-order valence-electron chi connectivity index (χ3n) is 2.80. The van der Waals surface area contributed by atoms with Gasteiger partial charge in [-0.1, -0.05) is 19.9 Å². The van der Waals surface area contributed by atoms with E-state index in [0.29, 0.717) is 22.9 Å². The molecule has 2 aromatic heterocycles. The minimum atomic E-state index is -0.912. The van der Waals surface area contributed by atoms with Crippen LogP contribution in [0.5, 0.6) is 5.88 Å². The maximum Gasteiger partial charge on any atom is 0.347 e. The Hall–Kier alpha value is -1.95. The molecule has 0 aliphatic carbocycles. The second-order valence-electron chi connectivity index (χ2n) is 4.67. The smallest absolute Gasteiger partial charge is 0.347 e. The number of thiazole rings is 1. The molecule has 5 nitrogen and oxygen atoms in total. The molecule has 1 N–H and O–H groups in total. The average molecular weight is 292 g/mol. The summed E-state index contributed by atoms with van der Waals surface area (Å²) >= 11 is 1.23. The lowest BCUT2D eigenvalue weighted by atomic mass is 10.1. The number of ether oxygens (including phenoxy) is 1. The summed E-state index contributed by atoms with van der Waals surface area (Å²) < 4.78 is 5.00. The number of hydrogen-bond donors (Lipinski definition) is 1. The van der Waals surface area contributed by atoms with Gasteiger partial charge in [-0.25, -0.2) is 14.8 Å². The van der Waals surface area contributed by atoms with E-state index >= 15 is 0 Å². The summed E-state index contributed by atoms with van der Waals surface area (Å²) in [7, 11) is 1.57. The molecular weight excluding hydrogens is 276 g/mol. The number of nitrogens with zero attached hydrogens (tertiary/aromatic N) is 2. The largest absolute Gasteiger partial charge is 0.481 e. The van der Waals surface area contributed by atoms with Gasteiger partial charge in [-0.15, -0.1) is 11.3 Å². The highest BCUT2D eigenvalue weighted by molar-refractivity contribution is 7.13. The highest BCUT2D eigenvalue weighted by Crippen LogP contribution is 2.26. The molecule has 2 rings (SSSR count). The van der Waals surface area contributed by atoms with Crippen molar-refractivity contribution in [3.63, 3.8) is 0 Å². The molecule has 6 heteroatoms. The van der Waals surface area contributed by atoms with Crippen molar-refractivity contribution in [1.29, 1.82) is 0 Å². The number of rotatable bonds is 5. The van der Waals surface area contributed by atoms with Crippen LogP contribution in [-0.4, -0.2) is 28.2 Å². The minimum absolute atomic E-state index is 0.0973. The SMILES string of the molecule is COc1ccc(Cc2nc(C(C)C)c(C(=O)O)s2)cn1. The molecule has 0 aliphatic heterocycles. The van der Waals surface area contributed by atoms with Gasteiger partial charge in [0.1, 0.15) is 4.88 Å². The molecule has 0 atom stereocenters. The van der Waals surface area contributed by atoms with Crippen molar-refractivity contribution in [2.45, 2.75) is 26.2 Å². The summed E-state index contributed by atoms with van der Waals surface area (Å²) in [5.74, 6) is -0.257. The molecule has 20 heavy (non-hydrogen) atoms. The Morgan fingerprint density at radius 1 is 1.45 bits per heavy atom. The molecule has 2 heterocycles. The van der Waals surface area contributed by atoms with Crippen LogP contribution in [0.1, 0.15) is 45.7 Å². The highest BCUT2D eigenvalue weighted by Gasteiger charge is 2.19. The molecule has 0 radical (unpaired) electrons. The Kier molecular flexibility index (Phi) is 4.34. The van der Waals surface area contributed by atoms with Crippen LogP contribution in [0.15, 0.2) is 18.3 Å². The predicted molar refractivity (Wildman–Crippen MR) is 76.8 cm³/mol. The fraction of sp³-hybridized carbons (Fsp3) is 0.357. The van der Waals surface area contributed by atoms with Crippen molar-refractivity contribution in [1.82, 2.24) is 9.97 Å². The Morgan fingerprint density at radius 2 is 2.20 bits per heavy atom. The molecule has 0 fully saturated rings. The number of carboxylic acids is 1. The van der Waals surface area contributed by atoms with Gasteiger partial charge < -0.3 is 9.84 Å². The summed E-state index contributed by atoms with van der Waals surface area (Å²) in [4.78, 5) is 20.1. The average Bonchev–Trinajstić information content (AvgIpc) is 2.84. The first kappa shape index (κ1) is 14.5. The van der Waals surface area contributed by atoms with Gasteiger partial charge >= 0.3 is 5.97 Å². The Morgan fingerprint density at radius 3 is 2.65 bits per heavy atom. The van der Waals surface area contributed by atoms with Gasteiger partial charge in [0, 0.05) is 18.7 Å². The second-order valence-corrected chi connectivity index (χ2v) is 5.75. The van der Waals surface area contributed by atoms with Crippen molar-refractivity contribution >= 4 is 17.3 Å². The van der Waals surface area contributed by atoms with Gasteiger partial charge in [0.2, 0.25) is 5.88 Å². The molecule has 2 aromatic rings. The van der Waals surface area contributed by atoms with E-state index in [-0.39, 0.29) is 5.92 Å². The summed E-state index contributed by atoms with van der Waals surface area (Å²) in [5.41, 5.74) is 1.63. The Labute approximate surface area is 121 Å². The molecule has 0 bridgehead atoms. The van der Waals surface area contributed by atoms with Crippen LogP contribution in [0, 0.1) is 0 Å². The summed E-state index contributed by atoms with van der Waals surface area (Å²) in [6.07, 6.45) is 2.30. The zero-order chi connectivity index (χ0) is 14.7.